The van der Waals surface area contributed by atoms with Crippen LogP contribution in [0.4, 0.5) is 11.4 Å². The third-order valence-corrected chi connectivity index (χ3v) is 6.48. The molecule has 3 rings (SSSR count). The van der Waals surface area contributed by atoms with Gasteiger partial charge in [-0.25, -0.2) is 8.42 Å². The minimum Gasteiger partial charge on any atom is -0.369 e. The van der Waals surface area contributed by atoms with Crippen LogP contribution in [-0.4, -0.2) is 43.8 Å². The number of aryl methyl sites for hydroxylation is 1. The Bertz CT molecular complexity index is 889. The van der Waals surface area contributed by atoms with Crippen molar-refractivity contribution in [2.24, 2.45) is 0 Å². The number of rotatable bonds is 5. The van der Waals surface area contributed by atoms with Gasteiger partial charge < -0.3 is 4.90 Å². The van der Waals surface area contributed by atoms with E-state index in [1.807, 2.05) is 36.1 Å². The Morgan fingerprint density at radius 1 is 1.00 bits per heavy atom. The topological polar surface area (TPSA) is 83.8 Å². The van der Waals surface area contributed by atoms with Crippen LogP contribution in [0, 0.1) is 17.0 Å². The molecule has 1 aliphatic rings. The number of benzene rings is 2. The summed E-state index contributed by atoms with van der Waals surface area (Å²) in [6, 6.07) is 13.9. The summed E-state index contributed by atoms with van der Waals surface area (Å²) in [4.78, 5) is 12.3. The highest BCUT2D eigenvalue weighted by Gasteiger charge is 2.27. The molecule has 0 spiro atoms. The molecule has 2 aromatic carbocycles. The molecule has 1 heterocycles. The molecule has 0 radical (unpaired) electrons. The number of piperazine rings is 1. The maximum atomic E-state index is 12.7. The Labute approximate surface area is 153 Å². The first-order chi connectivity index (χ1) is 12.4. The first-order valence-electron chi connectivity index (χ1n) is 8.38. The SMILES string of the molecule is Cc1ccccc1CS(=O)(=O)N1CCN(c2ccc([N+](=O)[O-])cc2)CC1. The lowest BCUT2D eigenvalue weighted by atomic mass is 10.1. The lowest BCUT2D eigenvalue weighted by molar-refractivity contribution is -0.384. The monoisotopic (exact) mass is 375 g/mol. The van der Waals surface area contributed by atoms with E-state index in [0.717, 1.165) is 16.8 Å². The molecule has 0 aromatic heterocycles. The Morgan fingerprint density at radius 3 is 2.19 bits per heavy atom. The van der Waals surface area contributed by atoms with E-state index < -0.39 is 14.9 Å². The van der Waals surface area contributed by atoms with E-state index in [-0.39, 0.29) is 11.4 Å². The normalized spacial score (nSPS) is 15.8. The molecule has 1 saturated heterocycles. The van der Waals surface area contributed by atoms with Crippen LogP contribution in [0.15, 0.2) is 48.5 Å². The van der Waals surface area contributed by atoms with Gasteiger partial charge in [0.15, 0.2) is 0 Å². The van der Waals surface area contributed by atoms with Crippen molar-refractivity contribution in [1.82, 2.24) is 4.31 Å². The summed E-state index contributed by atoms with van der Waals surface area (Å²) in [5, 5.41) is 10.7. The molecular formula is C18H21N3O4S. The van der Waals surface area contributed by atoms with Gasteiger partial charge in [0.05, 0.1) is 10.7 Å². The number of nitro benzene ring substituents is 1. The first-order valence-corrected chi connectivity index (χ1v) is 9.99. The van der Waals surface area contributed by atoms with Crippen LogP contribution in [0.5, 0.6) is 0 Å². The van der Waals surface area contributed by atoms with Gasteiger partial charge in [-0.15, -0.1) is 0 Å². The zero-order valence-electron chi connectivity index (χ0n) is 14.5. The lowest BCUT2D eigenvalue weighted by Crippen LogP contribution is -2.49. The van der Waals surface area contributed by atoms with Crippen molar-refractivity contribution in [2.75, 3.05) is 31.1 Å². The fourth-order valence-corrected chi connectivity index (χ4v) is 4.69. The van der Waals surface area contributed by atoms with Gasteiger partial charge in [-0.2, -0.15) is 4.31 Å². The van der Waals surface area contributed by atoms with E-state index in [0.29, 0.717) is 26.2 Å². The fourth-order valence-electron chi connectivity index (χ4n) is 3.07. The van der Waals surface area contributed by atoms with Gasteiger partial charge in [0.25, 0.3) is 5.69 Å². The lowest BCUT2D eigenvalue weighted by Gasteiger charge is -2.35. The van der Waals surface area contributed by atoms with Gasteiger partial charge in [-0.05, 0) is 30.2 Å². The highest BCUT2D eigenvalue weighted by molar-refractivity contribution is 7.88. The van der Waals surface area contributed by atoms with E-state index >= 15 is 0 Å². The van der Waals surface area contributed by atoms with Crippen LogP contribution in [0.25, 0.3) is 0 Å². The molecule has 8 heteroatoms. The maximum Gasteiger partial charge on any atom is 0.269 e. The average Bonchev–Trinajstić information content (AvgIpc) is 2.64. The largest absolute Gasteiger partial charge is 0.369 e. The van der Waals surface area contributed by atoms with Gasteiger partial charge in [0.1, 0.15) is 0 Å². The second-order valence-electron chi connectivity index (χ2n) is 6.34. The van der Waals surface area contributed by atoms with Crippen LogP contribution in [0.2, 0.25) is 0 Å². The Hall–Kier alpha value is -2.45. The summed E-state index contributed by atoms with van der Waals surface area (Å²) in [5.74, 6) is 0.0111. The van der Waals surface area contributed by atoms with E-state index in [1.165, 1.54) is 16.4 Å². The van der Waals surface area contributed by atoms with Gasteiger partial charge in [-0.1, -0.05) is 24.3 Å². The Kier molecular flexibility index (Phi) is 5.24. The zero-order valence-corrected chi connectivity index (χ0v) is 15.4. The number of anilines is 1. The molecule has 7 nitrogen and oxygen atoms in total. The second-order valence-corrected chi connectivity index (χ2v) is 8.31. The molecule has 0 aliphatic carbocycles. The molecule has 1 fully saturated rings. The number of hydrogen-bond acceptors (Lipinski definition) is 5. The zero-order chi connectivity index (χ0) is 18.7. The molecule has 2 aromatic rings. The van der Waals surface area contributed by atoms with Crippen molar-refractivity contribution in [2.45, 2.75) is 12.7 Å². The minimum atomic E-state index is -3.37. The second kappa shape index (κ2) is 7.43. The van der Waals surface area contributed by atoms with Crippen LogP contribution in [0.3, 0.4) is 0 Å². The summed E-state index contributed by atoms with van der Waals surface area (Å²) in [7, 11) is -3.37. The van der Waals surface area contributed by atoms with Gasteiger partial charge in [0.2, 0.25) is 10.0 Å². The fraction of sp³-hybridized carbons (Fsp3) is 0.333. The summed E-state index contributed by atoms with van der Waals surface area (Å²) in [6.07, 6.45) is 0. The summed E-state index contributed by atoms with van der Waals surface area (Å²) >= 11 is 0. The summed E-state index contributed by atoms with van der Waals surface area (Å²) < 4.78 is 26.9. The van der Waals surface area contributed by atoms with Crippen molar-refractivity contribution in [3.8, 4) is 0 Å². The summed E-state index contributed by atoms with van der Waals surface area (Å²) in [6.45, 7) is 3.85. The Balaban J connectivity index is 1.64. The van der Waals surface area contributed by atoms with Crippen molar-refractivity contribution in [3.63, 3.8) is 0 Å². The molecule has 0 amide bonds. The van der Waals surface area contributed by atoms with Gasteiger partial charge in [0, 0.05) is 44.0 Å². The van der Waals surface area contributed by atoms with E-state index in [4.69, 9.17) is 0 Å². The average molecular weight is 375 g/mol. The first kappa shape index (κ1) is 18.3. The number of nitrogens with zero attached hydrogens (tertiary/aromatic N) is 3. The summed E-state index contributed by atoms with van der Waals surface area (Å²) in [5.41, 5.74) is 2.71. The van der Waals surface area contributed by atoms with Crippen LogP contribution in [0.1, 0.15) is 11.1 Å². The molecule has 26 heavy (non-hydrogen) atoms. The Morgan fingerprint density at radius 2 is 1.62 bits per heavy atom. The molecule has 0 unspecified atom stereocenters. The molecule has 1 aliphatic heterocycles. The highest BCUT2D eigenvalue weighted by Crippen LogP contribution is 2.22. The predicted octanol–water partition coefficient (Wildman–Crippen LogP) is 2.56. The van der Waals surface area contributed by atoms with Crippen LogP contribution in [-0.2, 0) is 15.8 Å². The van der Waals surface area contributed by atoms with E-state index in [2.05, 4.69) is 0 Å². The third-order valence-electron chi connectivity index (χ3n) is 4.66. The quantitative estimate of drug-likeness (QED) is 0.592. The molecule has 138 valence electrons. The van der Waals surface area contributed by atoms with Gasteiger partial charge >= 0.3 is 0 Å². The maximum absolute atomic E-state index is 12.7. The minimum absolute atomic E-state index is 0.0111. The van der Waals surface area contributed by atoms with Crippen molar-refractivity contribution >= 4 is 21.4 Å². The third kappa shape index (κ3) is 4.03. The van der Waals surface area contributed by atoms with Crippen molar-refractivity contribution in [3.05, 3.63) is 69.8 Å². The molecular weight excluding hydrogens is 354 g/mol. The van der Waals surface area contributed by atoms with Gasteiger partial charge in [-0.3, -0.25) is 10.1 Å². The van der Waals surface area contributed by atoms with E-state index in [1.54, 1.807) is 12.1 Å². The van der Waals surface area contributed by atoms with Crippen molar-refractivity contribution in [1.29, 1.82) is 0 Å². The standard InChI is InChI=1S/C18H21N3O4S/c1-15-4-2-3-5-16(15)14-26(24,25)20-12-10-19(11-13-20)17-6-8-18(9-7-17)21(22)23/h2-9H,10-14H2,1H3. The number of nitro groups is 1. The highest BCUT2D eigenvalue weighted by atomic mass is 32.2. The smallest absolute Gasteiger partial charge is 0.269 e. The van der Waals surface area contributed by atoms with Crippen molar-refractivity contribution < 1.29 is 13.3 Å². The number of non-ortho nitro benzene ring substituents is 1. The van der Waals surface area contributed by atoms with Crippen LogP contribution < -0.4 is 4.90 Å². The number of hydrogen-bond donors (Lipinski definition) is 0. The number of sulfonamides is 1. The molecule has 0 bridgehead atoms. The van der Waals surface area contributed by atoms with Crippen LogP contribution >= 0.6 is 0 Å². The molecule has 0 atom stereocenters. The predicted molar refractivity (Wildman–Crippen MR) is 101 cm³/mol. The van der Waals surface area contributed by atoms with E-state index in [9.17, 15) is 18.5 Å². The molecule has 0 N–H and O–H groups in total. The molecule has 0 saturated carbocycles.